The summed E-state index contributed by atoms with van der Waals surface area (Å²) in [5.74, 6) is -1.62. The highest BCUT2D eigenvalue weighted by atomic mass is 19.1. The van der Waals surface area contributed by atoms with E-state index in [1.807, 2.05) is 0 Å². The number of amides is 1. The maximum Gasteiger partial charge on any atom is 0.301 e. The zero-order valence-electron chi connectivity index (χ0n) is 17.1. The molecule has 1 saturated heterocycles. The van der Waals surface area contributed by atoms with Crippen LogP contribution in [0, 0.1) is 12.7 Å². The van der Waals surface area contributed by atoms with Crippen molar-refractivity contribution in [3.05, 3.63) is 95.5 Å². The van der Waals surface area contributed by atoms with Crippen LogP contribution in [-0.4, -0.2) is 28.6 Å². The van der Waals surface area contributed by atoms with E-state index in [2.05, 4.69) is 11.7 Å². The zero-order valence-corrected chi connectivity index (χ0v) is 17.1. The first-order chi connectivity index (χ1) is 15.4. The van der Waals surface area contributed by atoms with Crippen molar-refractivity contribution >= 4 is 23.3 Å². The number of hydrogen-bond acceptors (Lipinski definition) is 6. The van der Waals surface area contributed by atoms with Crippen LogP contribution in [0.1, 0.15) is 22.9 Å². The number of aliphatic hydroxyl groups is 1. The molecule has 4 rings (SSSR count). The summed E-state index contributed by atoms with van der Waals surface area (Å²) in [7, 11) is 0. The molecule has 0 bridgehead atoms. The summed E-state index contributed by atoms with van der Waals surface area (Å²) in [4.78, 5) is 27.2. The number of aromatic nitrogens is 1. The Kier molecular flexibility index (Phi) is 5.59. The lowest BCUT2D eigenvalue weighted by molar-refractivity contribution is -0.132. The van der Waals surface area contributed by atoms with Crippen LogP contribution >= 0.6 is 0 Å². The third kappa shape index (κ3) is 3.78. The van der Waals surface area contributed by atoms with Gasteiger partial charge in [0.15, 0.2) is 5.82 Å². The molecule has 2 heterocycles. The number of benzene rings is 2. The van der Waals surface area contributed by atoms with Crippen molar-refractivity contribution in [1.82, 2.24) is 5.16 Å². The quantitative estimate of drug-likeness (QED) is 0.269. The molecule has 1 amide bonds. The molecule has 1 aliphatic rings. The van der Waals surface area contributed by atoms with Crippen LogP contribution in [0.25, 0.3) is 5.76 Å². The molecule has 7 nitrogen and oxygen atoms in total. The summed E-state index contributed by atoms with van der Waals surface area (Å²) in [6, 6.07) is 12.3. The zero-order chi connectivity index (χ0) is 22.8. The molecule has 0 aliphatic carbocycles. The minimum absolute atomic E-state index is 0.130. The van der Waals surface area contributed by atoms with E-state index >= 15 is 0 Å². The average molecular weight is 434 g/mol. The molecule has 2 aromatic carbocycles. The molecule has 0 saturated carbocycles. The van der Waals surface area contributed by atoms with Gasteiger partial charge in [0.1, 0.15) is 29.7 Å². The molecular formula is C24H19FN2O5. The van der Waals surface area contributed by atoms with Crippen molar-refractivity contribution in [1.29, 1.82) is 0 Å². The third-order valence-electron chi connectivity index (χ3n) is 4.97. The van der Waals surface area contributed by atoms with Gasteiger partial charge in [0.2, 0.25) is 0 Å². The van der Waals surface area contributed by atoms with Gasteiger partial charge in [0, 0.05) is 11.6 Å². The van der Waals surface area contributed by atoms with E-state index in [0.29, 0.717) is 17.1 Å². The largest absolute Gasteiger partial charge is 0.507 e. The number of halogens is 1. The summed E-state index contributed by atoms with van der Waals surface area (Å²) in [5, 5.41) is 14.9. The first kappa shape index (κ1) is 21.0. The highest BCUT2D eigenvalue weighted by Crippen LogP contribution is 2.42. The van der Waals surface area contributed by atoms with E-state index in [1.165, 1.54) is 23.1 Å². The van der Waals surface area contributed by atoms with E-state index < -0.39 is 29.3 Å². The van der Waals surface area contributed by atoms with Gasteiger partial charge in [-0.1, -0.05) is 29.9 Å². The molecule has 8 heteroatoms. The van der Waals surface area contributed by atoms with E-state index in [9.17, 15) is 19.1 Å². The Morgan fingerprint density at radius 1 is 1.25 bits per heavy atom. The number of Topliss-reactive ketones (excluding diaryl/α,β-unsaturated/α-hetero) is 1. The summed E-state index contributed by atoms with van der Waals surface area (Å²) >= 11 is 0. The van der Waals surface area contributed by atoms with Crippen LogP contribution in [-0.2, 0) is 9.59 Å². The minimum atomic E-state index is -1.00. The number of carbonyl (C=O) groups excluding carboxylic acids is 2. The SMILES string of the molecule is C=CCOc1cccc([C@H]2/C(=C(\O)c3ccc(F)cc3)C(=O)C(=O)N2c2cc(C)on2)c1. The number of carbonyl (C=O) groups is 2. The molecule has 162 valence electrons. The van der Waals surface area contributed by atoms with Crippen LogP contribution < -0.4 is 9.64 Å². The van der Waals surface area contributed by atoms with E-state index in [0.717, 1.165) is 12.1 Å². The Morgan fingerprint density at radius 3 is 2.66 bits per heavy atom. The third-order valence-corrected chi connectivity index (χ3v) is 4.97. The fraction of sp³-hybridized carbons (Fsp3) is 0.125. The highest BCUT2D eigenvalue weighted by molar-refractivity contribution is 6.51. The van der Waals surface area contributed by atoms with Gasteiger partial charge >= 0.3 is 5.91 Å². The summed E-state index contributed by atoms with van der Waals surface area (Å²) < 4.78 is 24.1. The molecule has 1 N–H and O–H groups in total. The molecular weight excluding hydrogens is 415 g/mol. The molecule has 1 aromatic heterocycles. The van der Waals surface area contributed by atoms with Crippen molar-refractivity contribution in [3.8, 4) is 5.75 Å². The van der Waals surface area contributed by atoms with Crippen LogP contribution in [0.5, 0.6) is 5.75 Å². The Labute approximate surface area is 183 Å². The number of ether oxygens (including phenoxy) is 1. The van der Waals surface area contributed by atoms with Crippen LogP contribution in [0.2, 0.25) is 0 Å². The predicted molar refractivity (Wildman–Crippen MR) is 115 cm³/mol. The lowest BCUT2D eigenvalue weighted by Crippen LogP contribution is -2.29. The number of ketones is 1. The van der Waals surface area contributed by atoms with Gasteiger partial charge in [-0.05, 0) is 48.9 Å². The van der Waals surface area contributed by atoms with Crippen molar-refractivity contribution in [3.63, 3.8) is 0 Å². The maximum atomic E-state index is 13.4. The standard InChI is InChI=1S/C24H19FN2O5/c1-3-11-31-18-6-4-5-16(13-18)21-20(22(28)15-7-9-17(25)10-8-15)23(29)24(30)27(21)19-12-14(2)32-26-19/h3-10,12-13,21,28H,1,11H2,2H3/b22-20+/t21-/m0/s1. The second-order valence-electron chi connectivity index (χ2n) is 7.14. The Morgan fingerprint density at radius 2 is 2.00 bits per heavy atom. The number of anilines is 1. The van der Waals surface area contributed by atoms with Crippen molar-refractivity contribution in [2.75, 3.05) is 11.5 Å². The van der Waals surface area contributed by atoms with Gasteiger partial charge < -0.3 is 14.4 Å². The lowest BCUT2D eigenvalue weighted by atomic mass is 9.95. The first-order valence-electron chi connectivity index (χ1n) is 9.74. The van der Waals surface area contributed by atoms with E-state index in [-0.39, 0.29) is 23.6 Å². The van der Waals surface area contributed by atoms with Gasteiger partial charge in [-0.2, -0.15) is 0 Å². The van der Waals surface area contributed by atoms with Crippen molar-refractivity contribution < 1.29 is 28.3 Å². The normalized spacial score (nSPS) is 17.6. The Hall–Kier alpha value is -4.20. The Balaban J connectivity index is 1.90. The van der Waals surface area contributed by atoms with Crippen LogP contribution in [0.3, 0.4) is 0 Å². The molecule has 3 aromatic rings. The number of rotatable bonds is 6. The van der Waals surface area contributed by atoms with Gasteiger partial charge in [0.25, 0.3) is 5.78 Å². The van der Waals surface area contributed by atoms with E-state index in [1.54, 1.807) is 37.3 Å². The second-order valence-corrected chi connectivity index (χ2v) is 7.14. The fourth-order valence-electron chi connectivity index (χ4n) is 3.54. The summed E-state index contributed by atoms with van der Waals surface area (Å²) in [6.07, 6.45) is 1.59. The average Bonchev–Trinajstić information content (AvgIpc) is 3.33. The monoisotopic (exact) mass is 434 g/mol. The summed E-state index contributed by atoms with van der Waals surface area (Å²) in [5.41, 5.74) is 0.558. The lowest BCUT2D eigenvalue weighted by Gasteiger charge is -2.23. The first-order valence-corrected chi connectivity index (χ1v) is 9.74. The number of aliphatic hydroxyl groups excluding tert-OH is 1. The minimum Gasteiger partial charge on any atom is -0.507 e. The van der Waals surface area contributed by atoms with Gasteiger partial charge in [0.05, 0.1) is 11.6 Å². The van der Waals surface area contributed by atoms with Crippen LogP contribution in [0.15, 0.2) is 77.3 Å². The molecule has 0 unspecified atom stereocenters. The predicted octanol–water partition coefficient (Wildman–Crippen LogP) is 4.31. The van der Waals surface area contributed by atoms with Crippen LogP contribution in [0.4, 0.5) is 10.2 Å². The van der Waals surface area contributed by atoms with Crippen molar-refractivity contribution in [2.24, 2.45) is 0 Å². The Bertz CT molecular complexity index is 1230. The number of hydrogen-bond donors (Lipinski definition) is 1. The second kappa shape index (κ2) is 8.50. The summed E-state index contributed by atoms with van der Waals surface area (Å²) in [6.45, 7) is 5.54. The van der Waals surface area contributed by atoms with Gasteiger partial charge in [-0.15, -0.1) is 0 Å². The smallest absolute Gasteiger partial charge is 0.301 e. The molecule has 1 fully saturated rings. The fourth-order valence-corrected chi connectivity index (χ4v) is 3.54. The van der Waals surface area contributed by atoms with E-state index in [4.69, 9.17) is 9.26 Å². The number of nitrogens with zero attached hydrogens (tertiary/aromatic N) is 2. The van der Waals surface area contributed by atoms with Gasteiger partial charge in [-0.3, -0.25) is 14.5 Å². The van der Waals surface area contributed by atoms with Crippen molar-refractivity contribution in [2.45, 2.75) is 13.0 Å². The highest BCUT2D eigenvalue weighted by Gasteiger charge is 2.48. The molecule has 0 spiro atoms. The number of aryl methyl sites for hydroxylation is 1. The maximum absolute atomic E-state index is 13.4. The molecule has 0 radical (unpaired) electrons. The molecule has 32 heavy (non-hydrogen) atoms. The topological polar surface area (TPSA) is 92.9 Å². The molecule has 1 atom stereocenters. The van der Waals surface area contributed by atoms with Gasteiger partial charge in [-0.25, -0.2) is 4.39 Å². The molecule has 1 aliphatic heterocycles.